The SMILES string of the molecule is CN1C(=O)CC(C(=O)N[C@H]2Cc3ccccc3[C@@H]2N)c2ccccc21. The van der Waals surface area contributed by atoms with E-state index in [1.807, 2.05) is 42.5 Å². The minimum atomic E-state index is -0.462. The van der Waals surface area contributed by atoms with Crippen LogP contribution in [0.5, 0.6) is 0 Å². The van der Waals surface area contributed by atoms with Gasteiger partial charge in [-0.1, -0.05) is 42.5 Å². The van der Waals surface area contributed by atoms with Gasteiger partial charge < -0.3 is 16.0 Å². The number of hydrogen-bond donors (Lipinski definition) is 2. The third-order valence-corrected chi connectivity index (χ3v) is 5.36. The Kier molecular flexibility index (Phi) is 3.81. The van der Waals surface area contributed by atoms with Gasteiger partial charge in [0.1, 0.15) is 0 Å². The summed E-state index contributed by atoms with van der Waals surface area (Å²) < 4.78 is 0. The van der Waals surface area contributed by atoms with Crippen molar-refractivity contribution in [2.24, 2.45) is 5.73 Å². The summed E-state index contributed by atoms with van der Waals surface area (Å²) in [6.07, 6.45) is 0.916. The van der Waals surface area contributed by atoms with Gasteiger partial charge in [-0.25, -0.2) is 0 Å². The molecule has 1 aliphatic heterocycles. The van der Waals surface area contributed by atoms with E-state index in [1.54, 1.807) is 11.9 Å². The fraction of sp³-hybridized carbons (Fsp3) is 0.300. The maximum absolute atomic E-state index is 12.9. The van der Waals surface area contributed by atoms with Gasteiger partial charge in [-0.3, -0.25) is 9.59 Å². The Balaban J connectivity index is 1.57. The maximum atomic E-state index is 12.9. The molecule has 2 aromatic carbocycles. The molecule has 3 atom stereocenters. The van der Waals surface area contributed by atoms with Crippen LogP contribution in [0.2, 0.25) is 0 Å². The van der Waals surface area contributed by atoms with Gasteiger partial charge in [-0.15, -0.1) is 0 Å². The molecule has 0 fully saturated rings. The topological polar surface area (TPSA) is 75.4 Å². The van der Waals surface area contributed by atoms with Gasteiger partial charge in [0.2, 0.25) is 11.8 Å². The quantitative estimate of drug-likeness (QED) is 0.880. The fourth-order valence-electron chi connectivity index (χ4n) is 3.93. The minimum absolute atomic E-state index is 0.0437. The number of nitrogens with zero attached hydrogens (tertiary/aromatic N) is 1. The number of anilines is 1. The van der Waals surface area contributed by atoms with Crippen LogP contribution in [0.3, 0.4) is 0 Å². The first kappa shape index (κ1) is 15.8. The largest absolute Gasteiger partial charge is 0.351 e. The van der Waals surface area contributed by atoms with Gasteiger partial charge in [0.25, 0.3) is 0 Å². The van der Waals surface area contributed by atoms with E-state index in [2.05, 4.69) is 11.4 Å². The zero-order valence-corrected chi connectivity index (χ0v) is 14.1. The van der Waals surface area contributed by atoms with E-state index in [1.165, 1.54) is 5.56 Å². The molecule has 25 heavy (non-hydrogen) atoms. The van der Waals surface area contributed by atoms with Crippen LogP contribution in [-0.4, -0.2) is 24.9 Å². The standard InChI is InChI=1S/C20H21N3O2/c1-23-17-9-5-4-8-14(17)15(11-18(23)24)20(25)22-16-10-12-6-2-3-7-13(12)19(16)21/h2-9,15-16,19H,10-11,21H2,1H3,(H,22,25)/t15?,16-,19-/m0/s1. The van der Waals surface area contributed by atoms with Crippen LogP contribution in [0.15, 0.2) is 48.5 Å². The molecule has 128 valence electrons. The molecule has 0 saturated heterocycles. The van der Waals surface area contributed by atoms with Crippen LogP contribution in [0.1, 0.15) is 35.1 Å². The second-order valence-corrected chi connectivity index (χ2v) is 6.81. The van der Waals surface area contributed by atoms with Crippen molar-refractivity contribution in [2.45, 2.75) is 30.8 Å². The first-order valence-corrected chi connectivity index (χ1v) is 8.55. The first-order chi connectivity index (χ1) is 12.1. The van der Waals surface area contributed by atoms with E-state index in [-0.39, 0.29) is 30.3 Å². The van der Waals surface area contributed by atoms with Gasteiger partial charge in [-0.05, 0) is 29.2 Å². The van der Waals surface area contributed by atoms with E-state index in [0.717, 1.165) is 23.2 Å². The highest BCUT2D eigenvalue weighted by Crippen LogP contribution is 2.36. The Hall–Kier alpha value is -2.66. The van der Waals surface area contributed by atoms with E-state index < -0.39 is 5.92 Å². The van der Waals surface area contributed by atoms with E-state index >= 15 is 0 Å². The lowest BCUT2D eigenvalue weighted by atomic mass is 9.88. The third kappa shape index (κ3) is 2.61. The number of benzene rings is 2. The lowest BCUT2D eigenvalue weighted by molar-refractivity contribution is -0.127. The summed E-state index contributed by atoms with van der Waals surface area (Å²) in [5.74, 6) is -0.629. The summed E-state index contributed by atoms with van der Waals surface area (Å²) in [5.41, 5.74) is 10.3. The Labute approximate surface area is 146 Å². The zero-order chi connectivity index (χ0) is 17.6. The van der Waals surface area contributed by atoms with Crippen LogP contribution >= 0.6 is 0 Å². The van der Waals surface area contributed by atoms with E-state index in [9.17, 15) is 9.59 Å². The number of amides is 2. The zero-order valence-electron chi connectivity index (χ0n) is 14.1. The number of nitrogens with two attached hydrogens (primary N) is 1. The van der Waals surface area contributed by atoms with Crippen molar-refractivity contribution < 1.29 is 9.59 Å². The van der Waals surface area contributed by atoms with Crippen LogP contribution in [-0.2, 0) is 16.0 Å². The minimum Gasteiger partial charge on any atom is -0.351 e. The summed E-state index contributed by atoms with van der Waals surface area (Å²) in [5, 5.41) is 3.09. The number of hydrogen-bond acceptors (Lipinski definition) is 3. The third-order valence-electron chi connectivity index (χ3n) is 5.36. The van der Waals surface area contributed by atoms with Crippen molar-refractivity contribution >= 4 is 17.5 Å². The second-order valence-electron chi connectivity index (χ2n) is 6.81. The van der Waals surface area contributed by atoms with Crippen molar-refractivity contribution in [2.75, 3.05) is 11.9 Å². The van der Waals surface area contributed by atoms with E-state index in [0.29, 0.717) is 0 Å². The highest BCUT2D eigenvalue weighted by atomic mass is 16.2. The van der Waals surface area contributed by atoms with Crippen LogP contribution in [0, 0.1) is 0 Å². The van der Waals surface area contributed by atoms with Gasteiger partial charge in [0.05, 0.1) is 18.0 Å². The molecule has 5 nitrogen and oxygen atoms in total. The molecule has 0 aromatic heterocycles. The molecule has 2 aliphatic rings. The number of para-hydroxylation sites is 1. The van der Waals surface area contributed by atoms with Crippen LogP contribution < -0.4 is 16.0 Å². The van der Waals surface area contributed by atoms with Gasteiger partial charge >= 0.3 is 0 Å². The molecule has 3 N–H and O–H groups in total. The Morgan fingerprint density at radius 2 is 1.76 bits per heavy atom. The lowest BCUT2D eigenvalue weighted by Crippen LogP contribution is -2.45. The molecular weight excluding hydrogens is 314 g/mol. The average Bonchev–Trinajstić information content (AvgIpc) is 2.94. The number of carbonyl (C=O) groups excluding carboxylic acids is 2. The molecule has 0 bridgehead atoms. The Morgan fingerprint density at radius 1 is 1.08 bits per heavy atom. The molecule has 2 amide bonds. The smallest absolute Gasteiger partial charge is 0.228 e. The fourth-order valence-corrected chi connectivity index (χ4v) is 3.93. The molecule has 0 radical (unpaired) electrons. The number of fused-ring (bicyclic) bond motifs is 2. The average molecular weight is 335 g/mol. The molecule has 0 spiro atoms. The lowest BCUT2D eigenvalue weighted by Gasteiger charge is -2.32. The van der Waals surface area contributed by atoms with Crippen molar-refractivity contribution in [3.63, 3.8) is 0 Å². The monoisotopic (exact) mass is 335 g/mol. The number of rotatable bonds is 2. The maximum Gasteiger partial charge on any atom is 0.228 e. The summed E-state index contributed by atoms with van der Waals surface area (Å²) in [6.45, 7) is 0. The normalized spacial score (nSPS) is 24.6. The molecule has 5 heteroatoms. The summed E-state index contributed by atoms with van der Waals surface area (Å²) in [7, 11) is 1.75. The highest BCUT2D eigenvalue weighted by Gasteiger charge is 2.37. The molecule has 0 saturated carbocycles. The van der Waals surface area contributed by atoms with Gasteiger partial charge in [-0.2, -0.15) is 0 Å². The summed E-state index contributed by atoms with van der Waals surface area (Å²) in [6, 6.07) is 15.3. The molecular formula is C20H21N3O2. The number of nitrogens with one attached hydrogen (secondary N) is 1. The predicted octanol–water partition coefficient (Wildman–Crippen LogP) is 1.88. The van der Waals surface area contributed by atoms with Crippen LogP contribution in [0.25, 0.3) is 0 Å². The molecule has 2 aromatic rings. The molecule has 1 aliphatic carbocycles. The first-order valence-electron chi connectivity index (χ1n) is 8.55. The van der Waals surface area contributed by atoms with Crippen molar-refractivity contribution in [1.29, 1.82) is 0 Å². The predicted molar refractivity (Wildman–Crippen MR) is 96.2 cm³/mol. The van der Waals surface area contributed by atoms with Crippen molar-refractivity contribution in [3.8, 4) is 0 Å². The molecule has 1 unspecified atom stereocenters. The van der Waals surface area contributed by atoms with Crippen molar-refractivity contribution in [3.05, 3.63) is 65.2 Å². The van der Waals surface area contributed by atoms with E-state index in [4.69, 9.17) is 5.73 Å². The summed E-state index contributed by atoms with van der Waals surface area (Å²) in [4.78, 5) is 26.8. The van der Waals surface area contributed by atoms with Crippen molar-refractivity contribution in [1.82, 2.24) is 5.32 Å². The van der Waals surface area contributed by atoms with Gasteiger partial charge in [0.15, 0.2) is 0 Å². The Bertz CT molecular complexity index is 848. The summed E-state index contributed by atoms with van der Waals surface area (Å²) >= 11 is 0. The van der Waals surface area contributed by atoms with Crippen LogP contribution in [0.4, 0.5) is 5.69 Å². The highest BCUT2D eigenvalue weighted by molar-refractivity contribution is 6.02. The number of carbonyl (C=O) groups is 2. The molecule has 4 rings (SSSR count). The Morgan fingerprint density at radius 3 is 2.52 bits per heavy atom. The second kappa shape index (κ2) is 6.01. The molecule has 1 heterocycles. The van der Waals surface area contributed by atoms with Gasteiger partial charge in [0, 0.05) is 19.2 Å².